The molecule has 0 aromatic heterocycles. The summed E-state index contributed by atoms with van der Waals surface area (Å²) in [6, 6.07) is 8.51. The number of rotatable bonds is 5. The van der Waals surface area contributed by atoms with Crippen molar-refractivity contribution in [2.75, 3.05) is 5.32 Å². The molecule has 0 fully saturated rings. The van der Waals surface area contributed by atoms with Gasteiger partial charge in [-0.25, -0.2) is 0 Å². The Balaban J connectivity index is 2.23. The van der Waals surface area contributed by atoms with Crippen LogP contribution < -0.4 is 10.6 Å². The minimum Gasteiger partial charge on any atom is -0.382 e. The highest BCUT2D eigenvalue weighted by atomic mass is 16.2. The molecular weight excluding hydrogens is 260 g/mol. The molecule has 2 N–H and O–H groups in total. The molecule has 1 heterocycles. The van der Waals surface area contributed by atoms with Crippen LogP contribution in [0, 0.1) is 0 Å². The Morgan fingerprint density at radius 1 is 1.24 bits per heavy atom. The van der Waals surface area contributed by atoms with Gasteiger partial charge < -0.3 is 10.6 Å². The zero-order valence-corrected chi connectivity index (χ0v) is 13.7. The van der Waals surface area contributed by atoms with E-state index in [0.29, 0.717) is 6.04 Å². The first-order chi connectivity index (χ1) is 10.0. The summed E-state index contributed by atoms with van der Waals surface area (Å²) < 4.78 is 0. The fourth-order valence-corrected chi connectivity index (χ4v) is 3.35. The number of nitrogens with one attached hydrogen (secondary N) is 2. The SMILES string of the molecule is CCC(CC)(CC)NC(=O)C1CC(C)Nc2ccccc21. The van der Waals surface area contributed by atoms with E-state index in [1.54, 1.807) is 0 Å². The molecule has 1 aromatic rings. The average Bonchev–Trinajstić information content (AvgIpc) is 2.51. The van der Waals surface area contributed by atoms with Gasteiger partial charge in [-0.1, -0.05) is 39.0 Å². The number of fused-ring (bicyclic) bond motifs is 1. The van der Waals surface area contributed by atoms with Crippen LogP contribution in [0.3, 0.4) is 0 Å². The molecule has 0 aliphatic carbocycles. The van der Waals surface area contributed by atoms with E-state index in [-0.39, 0.29) is 17.4 Å². The normalized spacial score (nSPS) is 21.3. The molecule has 0 bridgehead atoms. The van der Waals surface area contributed by atoms with Crippen LogP contribution in [0.1, 0.15) is 64.9 Å². The van der Waals surface area contributed by atoms with Crippen molar-refractivity contribution in [2.45, 2.75) is 70.9 Å². The molecule has 116 valence electrons. The fraction of sp³-hybridized carbons (Fsp3) is 0.611. The van der Waals surface area contributed by atoms with Gasteiger partial charge in [0.1, 0.15) is 0 Å². The van der Waals surface area contributed by atoms with Gasteiger partial charge in [0.2, 0.25) is 5.91 Å². The summed E-state index contributed by atoms with van der Waals surface area (Å²) in [5, 5.41) is 6.81. The molecule has 2 rings (SSSR count). The van der Waals surface area contributed by atoms with E-state index in [1.807, 2.05) is 12.1 Å². The summed E-state index contributed by atoms with van der Waals surface area (Å²) in [6.45, 7) is 8.62. The summed E-state index contributed by atoms with van der Waals surface area (Å²) in [4.78, 5) is 12.9. The number of anilines is 1. The lowest BCUT2D eigenvalue weighted by molar-refractivity contribution is -0.125. The minimum absolute atomic E-state index is 0.0403. The predicted molar refractivity (Wildman–Crippen MR) is 88.6 cm³/mol. The molecule has 3 heteroatoms. The maximum Gasteiger partial charge on any atom is 0.228 e. The maximum atomic E-state index is 12.9. The lowest BCUT2D eigenvalue weighted by Crippen LogP contribution is -2.49. The molecule has 2 unspecified atom stereocenters. The number of hydrogen-bond acceptors (Lipinski definition) is 2. The largest absolute Gasteiger partial charge is 0.382 e. The molecule has 0 saturated carbocycles. The quantitative estimate of drug-likeness (QED) is 0.858. The van der Waals surface area contributed by atoms with E-state index < -0.39 is 0 Å². The Morgan fingerprint density at radius 3 is 2.48 bits per heavy atom. The van der Waals surface area contributed by atoms with Crippen molar-refractivity contribution in [1.82, 2.24) is 5.32 Å². The van der Waals surface area contributed by atoms with Gasteiger partial charge in [0.15, 0.2) is 0 Å². The van der Waals surface area contributed by atoms with Crippen LogP contribution in [-0.4, -0.2) is 17.5 Å². The molecule has 1 aliphatic heterocycles. The zero-order valence-electron chi connectivity index (χ0n) is 13.7. The summed E-state index contributed by atoms with van der Waals surface area (Å²) in [5.74, 6) is 0.142. The van der Waals surface area contributed by atoms with Gasteiger partial charge in [-0.3, -0.25) is 4.79 Å². The first-order valence-electron chi connectivity index (χ1n) is 8.22. The van der Waals surface area contributed by atoms with E-state index in [2.05, 4.69) is 50.5 Å². The third-order valence-corrected chi connectivity index (χ3v) is 5.06. The van der Waals surface area contributed by atoms with Crippen molar-refractivity contribution < 1.29 is 4.79 Å². The van der Waals surface area contributed by atoms with Crippen LogP contribution in [0.4, 0.5) is 5.69 Å². The number of hydrogen-bond donors (Lipinski definition) is 2. The first kappa shape index (κ1) is 15.9. The molecular formula is C18H28N2O. The molecule has 0 radical (unpaired) electrons. The Hall–Kier alpha value is -1.51. The van der Waals surface area contributed by atoms with Crippen molar-refractivity contribution in [3.8, 4) is 0 Å². The Bertz CT molecular complexity index is 485. The van der Waals surface area contributed by atoms with Gasteiger partial charge in [0, 0.05) is 17.3 Å². The second-order valence-corrected chi connectivity index (χ2v) is 6.25. The summed E-state index contributed by atoms with van der Waals surface area (Å²) in [7, 11) is 0. The maximum absolute atomic E-state index is 12.9. The first-order valence-corrected chi connectivity index (χ1v) is 8.22. The number of para-hydroxylation sites is 1. The molecule has 0 saturated heterocycles. The molecule has 21 heavy (non-hydrogen) atoms. The van der Waals surface area contributed by atoms with Crippen LogP contribution in [-0.2, 0) is 4.79 Å². The summed E-state index contributed by atoms with van der Waals surface area (Å²) >= 11 is 0. The number of carbonyl (C=O) groups excluding carboxylic acids is 1. The minimum atomic E-state index is -0.0554. The van der Waals surface area contributed by atoms with Gasteiger partial charge in [-0.2, -0.15) is 0 Å². The van der Waals surface area contributed by atoms with E-state index in [0.717, 1.165) is 36.9 Å². The van der Waals surface area contributed by atoms with E-state index in [9.17, 15) is 4.79 Å². The molecule has 1 aromatic carbocycles. The third-order valence-electron chi connectivity index (χ3n) is 5.06. The van der Waals surface area contributed by atoms with Gasteiger partial charge in [-0.15, -0.1) is 0 Å². The average molecular weight is 288 g/mol. The molecule has 2 atom stereocenters. The third kappa shape index (κ3) is 3.22. The number of benzene rings is 1. The summed E-state index contributed by atoms with van der Waals surface area (Å²) in [6.07, 6.45) is 3.80. The van der Waals surface area contributed by atoms with Gasteiger partial charge in [0.05, 0.1) is 5.92 Å². The van der Waals surface area contributed by atoms with Crippen LogP contribution in [0.2, 0.25) is 0 Å². The number of amides is 1. The van der Waals surface area contributed by atoms with Crippen molar-refractivity contribution in [1.29, 1.82) is 0 Å². The Kier molecular flexibility index (Phi) is 4.92. The lowest BCUT2D eigenvalue weighted by Gasteiger charge is -2.36. The molecule has 1 amide bonds. The van der Waals surface area contributed by atoms with Crippen molar-refractivity contribution in [3.05, 3.63) is 29.8 Å². The zero-order chi connectivity index (χ0) is 15.5. The van der Waals surface area contributed by atoms with Crippen molar-refractivity contribution in [3.63, 3.8) is 0 Å². The van der Waals surface area contributed by atoms with Crippen molar-refractivity contribution in [2.24, 2.45) is 0 Å². The fourth-order valence-electron chi connectivity index (χ4n) is 3.35. The standard InChI is InChI=1S/C18H28N2O/c1-5-18(6-2,7-3)20-17(21)15-12-13(4)19-16-11-9-8-10-14(15)16/h8-11,13,15,19H,5-7,12H2,1-4H3,(H,20,21). The second-order valence-electron chi connectivity index (χ2n) is 6.25. The van der Waals surface area contributed by atoms with Gasteiger partial charge >= 0.3 is 0 Å². The van der Waals surface area contributed by atoms with Crippen LogP contribution >= 0.6 is 0 Å². The van der Waals surface area contributed by atoms with E-state index >= 15 is 0 Å². The predicted octanol–water partition coefficient (Wildman–Crippen LogP) is 4.06. The van der Waals surface area contributed by atoms with Gasteiger partial charge in [0.25, 0.3) is 0 Å². The van der Waals surface area contributed by atoms with Crippen LogP contribution in [0.25, 0.3) is 0 Å². The molecule has 1 aliphatic rings. The highest BCUT2D eigenvalue weighted by molar-refractivity contribution is 5.87. The lowest BCUT2D eigenvalue weighted by atomic mass is 9.84. The highest BCUT2D eigenvalue weighted by Crippen LogP contribution is 2.35. The van der Waals surface area contributed by atoms with Crippen molar-refractivity contribution >= 4 is 11.6 Å². The van der Waals surface area contributed by atoms with E-state index in [4.69, 9.17) is 0 Å². The van der Waals surface area contributed by atoms with Crippen LogP contribution in [0.15, 0.2) is 24.3 Å². The number of carbonyl (C=O) groups is 1. The monoisotopic (exact) mass is 288 g/mol. The highest BCUT2D eigenvalue weighted by Gasteiger charge is 2.33. The van der Waals surface area contributed by atoms with Crippen LogP contribution in [0.5, 0.6) is 0 Å². The van der Waals surface area contributed by atoms with E-state index in [1.165, 1.54) is 0 Å². The summed E-state index contributed by atoms with van der Waals surface area (Å²) in [5.41, 5.74) is 2.18. The smallest absolute Gasteiger partial charge is 0.228 e. The Labute approximate surface area is 128 Å². The topological polar surface area (TPSA) is 41.1 Å². The van der Waals surface area contributed by atoms with Gasteiger partial charge in [-0.05, 0) is 44.2 Å². The molecule has 0 spiro atoms. The second kappa shape index (κ2) is 6.50. The Morgan fingerprint density at radius 2 is 1.86 bits per heavy atom. The molecule has 3 nitrogen and oxygen atoms in total.